The van der Waals surface area contributed by atoms with Crippen LogP contribution in [-0.4, -0.2) is 28.4 Å². The van der Waals surface area contributed by atoms with Crippen molar-refractivity contribution in [2.24, 2.45) is 4.99 Å². The molecule has 0 unspecified atom stereocenters. The summed E-state index contributed by atoms with van der Waals surface area (Å²) in [6, 6.07) is 23.0. The van der Waals surface area contributed by atoms with Crippen molar-refractivity contribution in [2.45, 2.75) is 33.6 Å². The molecule has 7 heteroatoms. The summed E-state index contributed by atoms with van der Waals surface area (Å²) in [5.74, 6) is -0.171. The molecule has 0 radical (unpaired) electrons. The molecule has 0 spiro atoms. The van der Waals surface area contributed by atoms with Crippen molar-refractivity contribution in [3.63, 3.8) is 0 Å². The molecule has 0 atom stereocenters. The van der Waals surface area contributed by atoms with Gasteiger partial charge in [-0.3, -0.25) is 19.7 Å². The number of benzene rings is 3. The monoisotopic (exact) mass is 481 g/mol. The van der Waals surface area contributed by atoms with Crippen molar-refractivity contribution in [3.8, 4) is 5.69 Å². The fourth-order valence-electron chi connectivity index (χ4n) is 4.07. The highest BCUT2D eigenvalue weighted by molar-refractivity contribution is 5.94. The van der Waals surface area contributed by atoms with Gasteiger partial charge in [-0.05, 0) is 61.2 Å². The average Bonchev–Trinajstić information content (AvgIpc) is 3.19. The van der Waals surface area contributed by atoms with E-state index in [1.165, 1.54) is 4.68 Å². The fourth-order valence-corrected chi connectivity index (χ4v) is 4.07. The summed E-state index contributed by atoms with van der Waals surface area (Å²) in [6.45, 7) is 6.14. The Morgan fingerprint density at radius 1 is 0.972 bits per heavy atom. The van der Waals surface area contributed by atoms with Gasteiger partial charge in [-0.1, -0.05) is 56.3 Å². The molecule has 184 valence electrons. The average molecular weight is 482 g/mol. The number of anilines is 2. The predicted molar refractivity (Wildman–Crippen MR) is 147 cm³/mol. The highest BCUT2D eigenvalue weighted by Crippen LogP contribution is 2.20. The van der Waals surface area contributed by atoms with Gasteiger partial charge in [0.2, 0.25) is 5.91 Å². The van der Waals surface area contributed by atoms with Crippen molar-refractivity contribution < 1.29 is 4.79 Å². The SMILES string of the molecule is CCc1ccccc1N=Cc1c(C)[nH]n(-c2cccc(NC(=O)CNc3ccccc3CC)c2)c1=O. The molecular formula is C29H31N5O2. The Labute approximate surface area is 210 Å². The topological polar surface area (TPSA) is 91.3 Å². The van der Waals surface area contributed by atoms with Gasteiger partial charge in [0.15, 0.2) is 0 Å². The minimum atomic E-state index is -0.202. The van der Waals surface area contributed by atoms with Crippen LogP contribution in [0.3, 0.4) is 0 Å². The van der Waals surface area contributed by atoms with Gasteiger partial charge in [-0.15, -0.1) is 0 Å². The molecule has 7 nitrogen and oxygen atoms in total. The Hall–Kier alpha value is -4.39. The van der Waals surface area contributed by atoms with Crippen LogP contribution < -0.4 is 16.2 Å². The number of nitrogens with one attached hydrogen (secondary N) is 3. The quantitative estimate of drug-likeness (QED) is 0.280. The maximum absolute atomic E-state index is 13.2. The summed E-state index contributed by atoms with van der Waals surface area (Å²) in [6.07, 6.45) is 3.36. The molecule has 0 fully saturated rings. The van der Waals surface area contributed by atoms with Gasteiger partial charge >= 0.3 is 0 Å². The summed E-state index contributed by atoms with van der Waals surface area (Å²) in [7, 11) is 0. The first kappa shape index (κ1) is 24.7. The van der Waals surface area contributed by atoms with Crippen molar-refractivity contribution in [2.75, 3.05) is 17.2 Å². The lowest BCUT2D eigenvalue weighted by atomic mass is 10.1. The Morgan fingerprint density at radius 2 is 1.69 bits per heavy atom. The number of para-hydroxylation sites is 2. The molecule has 36 heavy (non-hydrogen) atoms. The normalized spacial score (nSPS) is 11.1. The molecule has 0 bridgehead atoms. The number of nitrogens with zero attached hydrogens (tertiary/aromatic N) is 2. The number of aromatic nitrogens is 2. The molecule has 3 N–H and O–H groups in total. The van der Waals surface area contributed by atoms with Gasteiger partial charge < -0.3 is 10.6 Å². The number of carbonyl (C=O) groups is 1. The van der Waals surface area contributed by atoms with Gasteiger partial charge in [0.1, 0.15) is 0 Å². The van der Waals surface area contributed by atoms with E-state index < -0.39 is 0 Å². The van der Waals surface area contributed by atoms with Gasteiger partial charge in [0, 0.05) is 23.3 Å². The molecule has 1 heterocycles. The first-order chi connectivity index (χ1) is 17.5. The van der Waals surface area contributed by atoms with E-state index in [2.05, 4.69) is 34.6 Å². The van der Waals surface area contributed by atoms with Crippen LogP contribution in [0.1, 0.15) is 36.2 Å². The first-order valence-corrected chi connectivity index (χ1v) is 12.2. The highest BCUT2D eigenvalue weighted by Gasteiger charge is 2.12. The van der Waals surface area contributed by atoms with Crippen LogP contribution in [0.25, 0.3) is 5.69 Å². The third-order valence-electron chi connectivity index (χ3n) is 6.05. The van der Waals surface area contributed by atoms with Crippen molar-refractivity contribution in [3.05, 3.63) is 106 Å². The highest BCUT2D eigenvalue weighted by atomic mass is 16.2. The third kappa shape index (κ3) is 5.63. The molecule has 4 rings (SSSR count). The Balaban J connectivity index is 1.49. The summed E-state index contributed by atoms with van der Waals surface area (Å²) in [5, 5.41) is 9.22. The van der Waals surface area contributed by atoms with Gasteiger partial charge in [-0.25, -0.2) is 4.68 Å². The van der Waals surface area contributed by atoms with Crippen LogP contribution in [-0.2, 0) is 17.6 Å². The zero-order valence-corrected chi connectivity index (χ0v) is 20.8. The maximum Gasteiger partial charge on any atom is 0.280 e. The van der Waals surface area contributed by atoms with Crippen molar-refractivity contribution in [1.82, 2.24) is 9.78 Å². The molecule has 1 amide bonds. The van der Waals surface area contributed by atoms with Crippen LogP contribution in [0.15, 0.2) is 82.6 Å². The van der Waals surface area contributed by atoms with E-state index >= 15 is 0 Å². The second-order valence-electron chi connectivity index (χ2n) is 8.49. The fraction of sp³-hybridized carbons (Fsp3) is 0.207. The van der Waals surface area contributed by atoms with Gasteiger partial charge in [-0.2, -0.15) is 0 Å². The number of aryl methyl sites for hydroxylation is 3. The smallest absolute Gasteiger partial charge is 0.280 e. The Morgan fingerprint density at radius 3 is 2.47 bits per heavy atom. The van der Waals surface area contributed by atoms with E-state index in [-0.39, 0.29) is 18.0 Å². The van der Waals surface area contributed by atoms with Crippen molar-refractivity contribution >= 4 is 29.2 Å². The zero-order valence-electron chi connectivity index (χ0n) is 20.8. The van der Waals surface area contributed by atoms with E-state index in [9.17, 15) is 9.59 Å². The number of H-pyrrole nitrogens is 1. The molecule has 4 aromatic rings. The molecule has 1 aromatic heterocycles. The van der Waals surface area contributed by atoms with Crippen LogP contribution in [0.5, 0.6) is 0 Å². The molecular weight excluding hydrogens is 450 g/mol. The molecule has 0 aliphatic carbocycles. The van der Waals surface area contributed by atoms with E-state index in [0.717, 1.165) is 35.3 Å². The number of carbonyl (C=O) groups excluding carboxylic acids is 1. The first-order valence-electron chi connectivity index (χ1n) is 12.2. The Bertz CT molecular complexity index is 1450. The van der Waals surface area contributed by atoms with Crippen LogP contribution >= 0.6 is 0 Å². The minimum absolute atomic E-state index is 0.142. The number of aliphatic imine (C=N–C) groups is 1. The molecule has 3 aromatic carbocycles. The second kappa shape index (κ2) is 11.4. The van der Waals surface area contributed by atoms with Gasteiger partial charge in [0.25, 0.3) is 5.56 Å². The van der Waals surface area contributed by atoms with E-state index in [4.69, 9.17) is 0 Å². The molecule has 0 aliphatic rings. The van der Waals surface area contributed by atoms with Gasteiger partial charge in [0.05, 0.1) is 23.5 Å². The van der Waals surface area contributed by atoms with Crippen molar-refractivity contribution in [1.29, 1.82) is 0 Å². The van der Waals surface area contributed by atoms with E-state index in [0.29, 0.717) is 22.6 Å². The summed E-state index contributed by atoms with van der Waals surface area (Å²) in [4.78, 5) is 30.3. The molecule has 0 aliphatic heterocycles. The number of aromatic amines is 1. The van der Waals surface area contributed by atoms with E-state index in [1.807, 2.05) is 61.5 Å². The Kier molecular flexibility index (Phi) is 7.80. The standard InChI is InChI=1S/C29H31N5O2/c1-4-21-11-6-8-15-26(21)30-18-25-20(3)33-34(29(25)36)24-14-10-13-23(17-24)32-28(35)19-31-27-16-9-7-12-22(27)5-2/h6-18,31,33H,4-5,19H2,1-3H3,(H,32,35). The number of amides is 1. The summed E-state index contributed by atoms with van der Waals surface area (Å²) in [5.41, 5.74) is 6.32. The van der Waals surface area contributed by atoms with Crippen LogP contribution in [0.2, 0.25) is 0 Å². The van der Waals surface area contributed by atoms with E-state index in [1.54, 1.807) is 24.4 Å². The van der Waals surface area contributed by atoms with Crippen LogP contribution in [0.4, 0.5) is 17.1 Å². The summed E-state index contributed by atoms with van der Waals surface area (Å²) >= 11 is 0. The molecule has 0 saturated heterocycles. The van der Waals surface area contributed by atoms with Crippen LogP contribution in [0, 0.1) is 6.92 Å². The maximum atomic E-state index is 13.2. The lowest BCUT2D eigenvalue weighted by Crippen LogP contribution is -2.22. The number of rotatable bonds is 9. The zero-order chi connectivity index (χ0) is 25.5. The summed E-state index contributed by atoms with van der Waals surface area (Å²) < 4.78 is 1.47. The second-order valence-corrected chi connectivity index (χ2v) is 8.49. The number of hydrogen-bond donors (Lipinski definition) is 3. The predicted octanol–water partition coefficient (Wildman–Crippen LogP) is 5.40. The molecule has 0 saturated carbocycles. The lowest BCUT2D eigenvalue weighted by Gasteiger charge is -2.11. The lowest BCUT2D eigenvalue weighted by molar-refractivity contribution is -0.114. The minimum Gasteiger partial charge on any atom is -0.376 e. The number of hydrogen-bond acceptors (Lipinski definition) is 4. The third-order valence-corrected chi connectivity index (χ3v) is 6.05. The largest absolute Gasteiger partial charge is 0.376 e.